The molecule has 0 unspecified atom stereocenters. The van der Waals surface area contributed by atoms with Crippen molar-refractivity contribution in [1.29, 1.82) is 0 Å². The molecule has 0 aliphatic carbocycles. The van der Waals surface area contributed by atoms with Gasteiger partial charge in [0.25, 0.3) is 0 Å². The van der Waals surface area contributed by atoms with E-state index in [9.17, 15) is 0 Å². The fraction of sp³-hybridized carbons (Fsp3) is 0.368. The summed E-state index contributed by atoms with van der Waals surface area (Å²) in [5, 5.41) is 8.83. The van der Waals surface area contributed by atoms with Crippen molar-refractivity contribution in [2.75, 3.05) is 6.54 Å². The first-order chi connectivity index (χ1) is 11.1. The Labute approximate surface area is 137 Å². The van der Waals surface area contributed by atoms with Gasteiger partial charge < -0.3 is 5.32 Å². The average Bonchev–Trinajstić information content (AvgIpc) is 2.90. The van der Waals surface area contributed by atoms with Gasteiger partial charge in [-0.2, -0.15) is 5.10 Å². The van der Waals surface area contributed by atoms with Crippen LogP contribution in [0.1, 0.15) is 28.7 Å². The lowest BCUT2D eigenvalue weighted by molar-refractivity contribution is 0.648. The molecule has 2 heterocycles. The van der Waals surface area contributed by atoms with Gasteiger partial charge in [-0.3, -0.25) is 4.68 Å². The van der Waals surface area contributed by atoms with E-state index in [0.29, 0.717) is 0 Å². The van der Waals surface area contributed by atoms with E-state index in [0.717, 1.165) is 37.0 Å². The zero-order chi connectivity index (χ0) is 16.2. The molecule has 4 nitrogen and oxygen atoms in total. The number of nitrogens with zero attached hydrogens (tertiary/aromatic N) is 3. The number of benzene rings is 1. The van der Waals surface area contributed by atoms with Gasteiger partial charge in [-0.05, 0) is 56.0 Å². The molecule has 1 aromatic carbocycles. The Morgan fingerprint density at radius 2 is 2.00 bits per heavy atom. The maximum absolute atomic E-state index is 4.47. The van der Waals surface area contributed by atoms with Crippen LogP contribution in [0.4, 0.5) is 0 Å². The molecule has 3 aromatic rings. The van der Waals surface area contributed by atoms with Crippen LogP contribution < -0.4 is 5.32 Å². The smallest absolute Gasteiger partial charge is 0.157 e. The molecule has 23 heavy (non-hydrogen) atoms. The molecule has 0 bridgehead atoms. The second-order valence-corrected chi connectivity index (χ2v) is 6.23. The molecule has 0 aliphatic rings. The molecular formula is C19H24N4. The Bertz CT molecular complexity index is 804. The summed E-state index contributed by atoms with van der Waals surface area (Å²) in [4.78, 5) is 4.47. The highest BCUT2D eigenvalue weighted by atomic mass is 15.3. The SMILES string of the molecule is Cc1ccc(CCCNCc2cnc3c(cnn3C)c2)c(C)c1. The summed E-state index contributed by atoms with van der Waals surface area (Å²) in [6.07, 6.45) is 6.07. The van der Waals surface area contributed by atoms with Crippen molar-refractivity contribution in [2.24, 2.45) is 7.05 Å². The summed E-state index contributed by atoms with van der Waals surface area (Å²) in [6, 6.07) is 8.87. The molecule has 0 aliphatic heterocycles. The van der Waals surface area contributed by atoms with Gasteiger partial charge in [0, 0.05) is 25.2 Å². The fourth-order valence-electron chi connectivity index (χ4n) is 2.95. The summed E-state index contributed by atoms with van der Waals surface area (Å²) in [6.45, 7) is 6.21. The zero-order valence-corrected chi connectivity index (χ0v) is 14.1. The number of nitrogens with one attached hydrogen (secondary N) is 1. The highest BCUT2D eigenvalue weighted by Gasteiger charge is 2.02. The highest BCUT2D eigenvalue weighted by molar-refractivity contribution is 5.74. The molecule has 0 amide bonds. The predicted octanol–water partition coefficient (Wildman–Crippen LogP) is 3.31. The lowest BCUT2D eigenvalue weighted by Gasteiger charge is -2.08. The van der Waals surface area contributed by atoms with E-state index in [1.807, 2.05) is 19.4 Å². The minimum absolute atomic E-state index is 0.852. The van der Waals surface area contributed by atoms with E-state index in [1.54, 1.807) is 4.68 Å². The number of aryl methyl sites for hydroxylation is 4. The van der Waals surface area contributed by atoms with Crippen LogP contribution in [-0.4, -0.2) is 21.3 Å². The van der Waals surface area contributed by atoms with Crippen LogP contribution in [0.3, 0.4) is 0 Å². The average molecular weight is 308 g/mol. The number of pyridine rings is 1. The number of hydrogen-bond acceptors (Lipinski definition) is 3. The van der Waals surface area contributed by atoms with Crippen LogP contribution >= 0.6 is 0 Å². The Hall–Kier alpha value is -2.20. The number of hydrogen-bond donors (Lipinski definition) is 1. The Morgan fingerprint density at radius 3 is 2.83 bits per heavy atom. The Morgan fingerprint density at radius 1 is 1.13 bits per heavy atom. The molecule has 120 valence electrons. The molecule has 2 aromatic heterocycles. The van der Waals surface area contributed by atoms with Crippen molar-refractivity contribution >= 4 is 11.0 Å². The highest BCUT2D eigenvalue weighted by Crippen LogP contribution is 2.13. The summed E-state index contributed by atoms with van der Waals surface area (Å²) in [7, 11) is 1.92. The molecule has 0 fully saturated rings. The van der Waals surface area contributed by atoms with Crippen molar-refractivity contribution in [3.63, 3.8) is 0 Å². The molecular weight excluding hydrogens is 284 g/mol. The first kappa shape index (κ1) is 15.7. The third-order valence-corrected chi connectivity index (χ3v) is 4.26. The third kappa shape index (κ3) is 3.77. The van der Waals surface area contributed by atoms with E-state index in [2.05, 4.69) is 53.5 Å². The van der Waals surface area contributed by atoms with E-state index >= 15 is 0 Å². The van der Waals surface area contributed by atoms with Gasteiger partial charge in [-0.1, -0.05) is 23.8 Å². The summed E-state index contributed by atoms with van der Waals surface area (Å²) in [5.41, 5.74) is 6.33. The standard InChI is InChI=1S/C19H24N4/c1-14-6-7-17(15(2)9-14)5-4-8-20-11-16-10-18-13-22-23(3)19(18)21-12-16/h6-7,9-10,12-13,20H,4-5,8,11H2,1-3H3. The normalized spacial score (nSPS) is 11.3. The van der Waals surface area contributed by atoms with E-state index in [1.165, 1.54) is 22.3 Å². The van der Waals surface area contributed by atoms with E-state index in [-0.39, 0.29) is 0 Å². The second-order valence-electron chi connectivity index (χ2n) is 6.23. The second kappa shape index (κ2) is 6.92. The van der Waals surface area contributed by atoms with Crippen molar-refractivity contribution in [3.8, 4) is 0 Å². The Balaban J connectivity index is 1.47. The van der Waals surface area contributed by atoms with Gasteiger partial charge in [-0.15, -0.1) is 0 Å². The van der Waals surface area contributed by atoms with Gasteiger partial charge in [0.1, 0.15) is 0 Å². The van der Waals surface area contributed by atoms with Gasteiger partial charge in [0.2, 0.25) is 0 Å². The Kier molecular flexibility index (Phi) is 4.72. The fourth-order valence-corrected chi connectivity index (χ4v) is 2.95. The van der Waals surface area contributed by atoms with Crippen LogP contribution in [0.5, 0.6) is 0 Å². The maximum atomic E-state index is 4.47. The lowest BCUT2D eigenvalue weighted by atomic mass is 10.0. The predicted molar refractivity (Wildman–Crippen MR) is 94.5 cm³/mol. The number of fused-ring (bicyclic) bond motifs is 1. The van der Waals surface area contributed by atoms with Gasteiger partial charge in [-0.25, -0.2) is 4.98 Å². The van der Waals surface area contributed by atoms with Crippen LogP contribution in [-0.2, 0) is 20.0 Å². The molecule has 3 rings (SSSR count). The number of aromatic nitrogens is 3. The molecule has 1 N–H and O–H groups in total. The summed E-state index contributed by atoms with van der Waals surface area (Å²) >= 11 is 0. The zero-order valence-electron chi connectivity index (χ0n) is 14.1. The molecule has 0 radical (unpaired) electrons. The quantitative estimate of drug-likeness (QED) is 0.710. The van der Waals surface area contributed by atoms with Crippen molar-refractivity contribution in [2.45, 2.75) is 33.2 Å². The van der Waals surface area contributed by atoms with Crippen molar-refractivity contribution in [3.05, 3.63) is 58.9 Å². The minimum Gasteiger partial charge on any atom is -0.313 e. The van der Waals surface area contributed by atoms with Gasteiger partial charge in [0.15, 0.2) is 5.65 Å². The minimum atomic E-state index is 0.852. The molecule has 4 heteroatoms. The summed E-state index contributed by atoms with van der Waals surface area (Å²) in [5.74, 6) is 0. The van der Waals surface area contributed by atoms with Gasteiger partial charge in [0.05, 0.1) is 6.20 Å². The third-order valence-electron chi connectivity index (χ3n) is 4.26. The molecule has 0 saturated heterocycles. The first-order valence-electron chi connectivity index (χ1n) is 8.17. The first-order valence-corrected chi connectivity index (χ1v) is 8.17. The monoisotopic (exact) mass is 308 g/mol. The molecule has 0 saturated carbocycles. The summed E-state index contributed by atoms with van der Waals surface area (Å²) < 4.78 is 1.80. The van der Waals surface area contributed by atoms with Crippen LogP contribution in [0.25, 0.3) is 11.0 Å². The van der Waals surface area contributed by atoms with Crippen molar-refractivity contribution < 1.29 is 0 Å². The molecule has 0 spiro atoms. The molecule has 0 atom stereocenters. The van der Waals surface area contributed by atoms with Crippen LogP contribution in [0.2, 0.25) is 0 Å². The van der Waals surface area contributed by atoms with E-state index in [4.69, 9.17) is 0 Å². The van der Waals surface area contributed by atoms with Gasteiger partial charge >= 0.3 is 0 Å². The van der Waals surface area contributed by atoms with Crippen molar-refractivity contribution in [1.82, 2.24) is 20.1 Å². The van der Waals surface area contributed by atoms with Crippen LogP contribution in [0, 0.1) is 13.8 Å². The van der Waals surface area contributed by atoms with Crippen LogP contribution in [0.15, 0.2) is 36.7 Å². The maximum Gasteiger partial charge on any atom is 0.157 e. The topological polar surface area (TPSA) is 42.7 Å². The lowest BCUT2D eigenvalue weighted by Crippen LogP contribution is -2.15. The number of rotatable bonds is 6. The largest absolute Gasteiger partial charge is 0.313 e. The van der Waals surface area contributed by atoms with E-state index < -0.39 is 0 Å².